The molecule has 0 bridgehead atoms. The van der Waals surface area contributed by atoms with Crippen LogP contribution in [0.3, 0.4) is 0 Å². The van der Waals surface area contributed by atoms with Crippen LogP contribution in [0.15, 0.2) is 0 Å². The minimum Gasteiger partial charge on any atom is -0.342 e. The third kappa shape index (κ3) is 3.05. The van der Waals surface area contributed by atoms with Gasteiger partial charge in [0.2, 0.25) is 5.91 Å². The number of rotatable bonds is 6. The summed E-state index contributed by atoms with van der Waals surface area (Å²) >= 11 is 0. The van der Waals surface area contributed by atoms with E-state index in [9.17, 15) is 4.79 Å². The van der Waals surface area contributed by atoms with Crippen LogP contribution in [0.5, 0.6) is 0 Å². The van der Waals surface area contributed by atoms with Gasteiger partial charge >= 0.3 is 0 Å². The summed E-state index contributed by atoms with van der Waals surface area (Å²) in [5.41, 5.74) is -0.0602. The first kappa shape index (κ1) is 13.9. The fourth-order valence-electron chi connectivity index (χ4n) is 3.12. The van der Waals surface area contributed by atoms with Crippen molar-refractivity contribution in [1.29, 1.82) is 0 Å². The smallest absolute Gasteiger partial charge is 0.228 e. The van der Waals surface area contributed by atoms with E-state index in [0.717, 1.165) is 57.8 Å². The number of piperidine rings is 1. The summed E-state index contributed by atoms with van der Waals surface area (Å²) in [6, 6.07) is 0. The van der Waals surface area contributed by atoms with Crippen molar-refractivity contribution in [3.8, 4) is 0 Å². The fourth-order valence-corrected chi connectivity index (χ4v) is 3.12. The van der Waals surface area contributed by atoms with Crippen LogP contribution in [0.1, 0.15) is 52.4 Å². The number of hydrogen-bond donors (Lipinski definition) is 1. The van der Waals surface area contributed by atoms with Gasteiger partial charge in [-0.25, -0.2) is 0 Å². The van der Waals surface area contributed by atoms with Crippen molar-refractivity contribution in [1.82, 2.24) is 10.2 Å². The highest BCUT2D eigenvalue weighted by molar-refractivity contribution is 5.83. The van der Waals surface area contributed by atoms with Gasteiger partial charge in [0.15, 0.2) is 0 Å². The van der Waals surface area contributed by atoms with Crippen LogP contribution in [0.2, 0.25) is 0 Å². The molecule has 104 valence electrons. The van der Waals surface area contributed by atoms with Crippen molar-refractivity contribution in [2.24, 2.45) is 11.3 Å². The van der Waals surface area contributed by atoms with E-state index in [4.69, 9.17) is 0 Å². The molecule has 3 heteroatoms. The van der Waals surface area contributed by atoms with Crippen LogP contribution in [0.25, 0.3) is 0 Å². The molecule has 2 rings (SSSR count). The van der Waals surface area contributed by atoms with Crippen molar-refractivity contribution in [2.75, 3.05) is 26.2 Å². The van der Waals surface area contributed by atoms with Crippen molar-refractivity contribution in [2.45, 2.75) is 52.4 Å². The zero-order valence-electron chi connectivity index (χ0n) is 12.0. The van der Waals surface area contributed by atoms with E-state index in [1.165, 1.54) is 12.8 Å². The summed E-state index contributed by atoms with van der Waals surface area (Å²) in [5, 5.41) is 3.38. The Kier molecular flexibility index (Phi) is 4.66. The van der Waals surface area contributed by atoms with Crippen molar-refractivity contribution in [3.05, 3.63) is 0 Å². The first-order valence-electron chi connectivity index (χ1n) is 7.72. The molecule has 3 nitrogen and oxygen atoms in total. The highest BCUT2D eigenvalue weighted by atomic mass is 16.2. The molecule has 0 aromatic carbocycles. The second-order valence-corrected chi connectivity index (χ2v) is 6.08. The Balaban J connectivity index is 2.03. The Bertz CT molecular complexity index is 280. The normalized spacial score (nSPS) is 22.8. The van der Waals surface area contributed by atoms with Gasteiger partial charge in [-0.2, -0.15) is 0 Å². The molecule has 0 aromatic rings. The average Bonchev–Trinajstić information content (AvgIpc) is 3.22. The lowest BCUT2D eigenvalue weighted by atomic mass is 9.75. The molecule has 1 aliphatic heterocycles. The van der Waals surface area contributed by atoms with Gasteiger partial charge in [0.05, 0.1) is 5.41 Å². The number of nitrogens with zero attached hydrogens (tertiary/aromatic N) is 1. The predicted octanol–water partition coefficient (Wildman–Crippen LogP) is 2.41. The third-order valence-corrected chi connectivity index (χ3v) is 4.65. The van der Waals surface area contributed by atoms with Gasteiger partial charge in [0, 0.05) is 13.1 Å². The molecule has 0 atom stereocenters. The summed E-state index contributed by atoms with van der Waals surface area (Å²) in [6.45, 7) is 8.33. The first-order chi connectivity index (χ1) is 8.72. The zero-order valence-corrected chi connectivity index (χ0v) is 12.0. The van der Waals surface area contributed by atoms with Gasteiger partial charge in [0.1, 0.15) is 0 Å². The topological polar surface area (TPSA) is 32.3 Å². The monoisotopic (exact) mass is 252 g/mol. The van der Waals surface area contributed by atoms with Crippen LogP contribution in [0.4, 0.5) is 0 Å². The number of amides is 1. The van der Waals surface area contributed by atoms with Gasteiger partial charge in [0.25, 0.3) is 0 Å². The second-order valence-electron chi connectivity index (χ2n) is 6.08. The van der Waals surface area contributed by atoms with E-state index in [-0.39, 0.29) is 5.41 Å². The van der Waals surface area contributed by atoms with Gasteiger partial charge < -0.3 is 10.2 Å². The predicted molar refractivity (Wildman–Crippen MR) is 74.4 cm³/mol. The molecule has 1 heterocycles. The fraction of sp³-hybridized carbons (Fsp3) is 0.933. The lowest BCUT2D eigenvalue weighted by Gasteiger charge is -2.39. The van der Waals surface area contributed by atoms with E-state index in [0.29, 0.717) is 5.91 Å². The number of nitrogens with one attached hydrogen (secondary N) is 1. The Hall–Kier alpha value is -0.570. The van der Waals surface area contributed by atoms with Gasteiger partial charge in [-0.3, -0.25) is 4.79 Å². The van der Waals surface area contributed by atoms with Crippen molar-refractivity contribution in [3.63, 3.8) is 0 Å². The highest BCUT2D eigenvalue weighted by Crippen LogP contribution is 2.37. The third-order valence-electron chi connectivity index (χ3n) is 4.65. The van der Waals surface area contributed by atoms with Crippen molar-refractivity contribution >= 4 is 5.91 Å². The van der Waals surface area contributed by atoms with Gasteiger partial charge in [-0.1, -0.05) is 13.8 Å². The molecule has 2 fully saturated rings. The lowest BCUT2D eigenvalue weighted by Crippen LogP contribution is -2.49. The Labute approximate surface area is 111 Å². The molecule has 1 amide bonds. The maximum absolute atomic E-state index is 12.9. The molecule has 0 radical (unpaired) electrons. The Morgan fingerprint density at radius 2 is 1.94 bits per heavy atom. The van der Waals surface area contributed by atoms with Crippen LogP contribution >= 0.6 is 0 Å². The number of carbonyl (C=O) groups excluding carboxylic acids is 1. The quantitative estimate of drug-likeness (QED) is 0.787. The van der Waals surface area contributed by atoms with Crippen LogP contribution < -0.4 is 5.32 Å². The molecule has 1 aliphatic carbocycles. The number of carbonyl (C=O) groups is 1. The highest BCUT2D eigenvalue weighted by Gasteiger charge is 2.41. The summed E-state index contributed by atoms with van der Waals surface area (Å²) in [7, 11) is 0. The first-order valence-corrected chi connectivity index (χ1v) is 7.72. The summed E-state index contributed by atoms with van der Waals surface area (Å²) in [5.74, 6) is 1.25. The van der Waals surface area contributed by atoms with E-state index >= 15 is 0 Å². The maximum atomic E-state index is 12.9. The average molecular weight is 252 g/mol. The maximum Gasteiger partial charge on any atom is 0.228 e. The standard InChI is InChI=1S/C15H28N2O/c1-3-11-17(12-13-5-6-13)14(18)15(4-2)7-9-16-10-8-15/h13,16H,3-12H2,1-2H3. The molecule has 1 N–H and O–H groups in total. The molecule has 0 unspecified atom stereocenters. The van der Waals surface area contributed by atoms with Crippen molar-refractivity contribution < 1.29 is 4.79 Å². The van der Waals surface area contributed by atoms with Gasteiger partial charge in [-0.05, 0) is 57.5 Å². The summed E-state index contributed by atoms with van der Waals surface area (Å²) < 4.78 is 0. The summed E-state index contributed by atoms with van der Waals surface area (Å²) in [4.78, 5) is 15.1. The Morgan fingerprint density at radius 1 is 1.28 bits per heavy atom. The summed E-state index contributed by atoms with van der Waals surface area (Å²) in [6.07, 6.45) is 6.78. The minimum atomic E-state index is -0.0602. The minimum absolute atomic E-state index is 0.0602. The molecule has 18 heavy (non-hydrogen) atoms. The molecule has 1 saturated heterocycles. The molecule has 0 spiro atoms. The molecule has 2 aliphatic rings. The SMILES string of the molecule is CCCN(CC1CC1)C(=O)C1(CC)CCNCC1. The van der Waals surface area contributed by atoms with Gasteiger partial charge in [-0.15, -0.1) is 0 Å². The largest absolute Gasteiger partial charge is 0.342 e. The zero-order chi connectivity index (χ0) is 13.0. The number of hydrogen-bond acceptors (Lipinski definition) is 2. The molecular weight excluding hydrogens is 224 g/mol. The van der Waals surface area contributed by atoms with E-state index in [1.54, 1.807) is 0 Å². The molecular formula is C15H28N2O. The second kappa shape index (κ2) is 6.05. The van der Waals surface area contributed by atoms with E-state index < -0.39 is 0 Å². The van der Waals surface area contributed by atoms with Crippen LogP contribution in [0, 0.1) is 11.3 Å². The van der Waals surface area contributed by atoms with E-state index in [2.05, 4.69) is 24.1 Å². The molecule has 1 saturated carbocycles. The molecule has 0 aromatic heterocycles. The van der Waals surface area contributed by atoms with Crippen LogP contribution in [-0.2, 0) is 4.79 Å². The lowest BCUT2D eigenvalue weighted by molar-refractivity contribution is -0.144. The van der Waals surface area contributed by atoms with Crippen LogP contribution in [-0.4, -0.2) is 37.0 Å². The van der Waals surface area contributed by atoms with E-state index in [1.807, 2.05) is 0 Å². The Morgan fingerprint density at radius 3 is 2.44 bits per heavy atom.